The average Bonchev–Trinajstić information content (AvgIpc) is 3.50. The summed E-state index contributed by atoms with van der Waals surface area (Å²) in [4.78, 5) is 14.6. The molecule has 0 aliphatic heterocycles. The van der Waals surface area contributed by atoms with Gasteiger partial charge in [-0.15, -0.1) is 0 Å². The minimum absolute atomic E-state index is 0.0979. The number of hydrogen-bond acceptors (Lipinski definition) is 3. The largest absolute Gasteiger partial charge is 0.256 e. The molecule has 1 aliphatic carbocycles. The van der Waals surface area contributed by atoms with E-state index in [2.05, 4.69) is 164 Å². The molecule has 2 aromatic heterocycles. The minimum atomic E-state index is -0.0979. The average molecular weight is 704 g/mol. The molecule has 10 rings (SSSR count). The van der Waals surface area contributed by atoms with E-state index in [9.17, 15) is 0 Å². The van der Waals surface area contributed by atoms with Crippen molar-refractivity contribution in [1.29, 1.82) is 0 Å². The van der Waals surface area contributed by atoms with Crippen LogP contribution in [0.25, 0.3) is 89.3 Å². The van der Waals surface area contributed by atoms with Gasteiger partial charge in [-0.3, -0.25) is 4.98 Å². The number of hydrogen-bond donors (Lipinski definition) is 0. The van der Waals surface area contributed by atoms with Crippen LogP contribution in [0, 0.1) is 0 Å². The van der Waals surface area contributed by atoms with Crippen LogP contribution in [0.15, 0.2) is 188 Å². The molecule has 260 valence electrons. The van der Waals surface area contributed by atoms with Gasteiger partial charge in [0.25, 0.3) is 0 Å². The van der Waals surface area contributed by atoms with E-state index in [1.807, 2.05) is 42.6 Å². The second-order valence-electron chi connectivity index (χ2n) is 14.8. The normalized spacial score (nSPS) is 12.7. The lowest BCUT2D eigenvalue weighted by Gasteiger charge is -2.23. The van der Waals surface area contributed by atoms with Gasteiger partial charge in [0.15, 0.2) is 5.82 Å². The molecule has 0 radical (unpaired) electrons. The van der Waals surface area contributed by atoms with Crippen molar-refractivity contribution in [2.45, 2.75) is 19.3 Å². The summed E-state index contributed by atoms with van der Waals surface area (Å²) >= 11 is 0. The van der Waals surface area contributed by atoms with Gasteiger partial charge < -0.3 is 0 Å². The molecule has 3 nitrogen and oxygen atoms in total. The third-order valence-corrected chi connectivity index (χ3v) is 11.1. The van der Waals surface area contributed by atoms with E-state index >= 15 is 0 Å². The number of rotatable bonds is 6. The van der Waals surface area contributed by atoms with Crippen LogP contribution in [-0.4, -0.2) is 15.0 Å². The maximum Gasteiger partial charge on any atom is 0.160 e. The molecule has 0 amide bonds. The standard InChI is InChI=1S/C52H37N3/c1-52(2)45-19-11-18-42(49(45)44-30-29-35-12-6-7-17-43(35)50(44)52)41-16-10-15-40(32-41)34-21-23-37(24-22-34)47-33-48(55-51(54-47)39-13-4-3-5-14-39)38-27-25-36(26-28-38)46-20-8-9-31-53-46/h3-33H,1-2H3. The summed E-state index contributed by atoms with van der Waals surface area (Å²) in [7, 11) is 0. The van der Waals surface area contributed by atoms with E-state index in [1.165, 1.54) is 49.7 Å². The van der Waals surface area contributed by atoms with Gasteiger partial charge in [0.2, 0.25) is 0 Å². The van der Waals surface area contributed by atoms with Crippen molar-refractivity contribution in [3.8, 4) is 78.5 Å². The summed E-state index contributed by atoms with van der Waals surface area (Å²) in [5, 5.41) is 2.63. The van der Waals surface area contributed by atoms with E-state index in [4.69, 9.17) is 9.97 Å². The highest BCUT2D eigenvalue weighted by Gasteiger charge is 2.38. The van der Waals surface area contributed by atoms with Gasteiger partial charge >= 0.3 is 0 Å². The summed E-state index contributed by atoms with van der Waals surface area (Å²) in [6.45, 7) is 4.74. The molecule has 7 aromatic carbocycles. The molecule has 0 spiro atoms. The third-order valence-electron chi connectivity index (χ3n) is 11.1. The van der Waals surface area contributed by atoms with Crippen molar-refractivity contribution in [2.24, 2.45) is 0 Å². The zero-order chi connectivity index (χ0) is 36.9. The molecule has 0 unspecified atom stereocenters. The SMILES string of the molecule is CC1(C)c2cccc(-c3cccc(-c4ccc(-c5cc(-c6ccc(-c7ccccn7)cc6)nc(-c6ccccc6)n5)cc4)c3)c2-c2ccc3ccccc3c21. The third kappa shape index (κ3) is 5.73. The zero-order valence-corrected chi connectivity index (χ0v) is 30.7. The summed E-state index contributed by atoms with van der Waals surface area (Å²) in [6, 6.07) is 64.7. The van der Waals surface area contributed by atoms with Crippen molar-refractivity contribution < 1.29 is 0 Å². The molecule has 9 aromatic rings. The predicted molar refractivity (Wildman–Crippen MR) is 228 cm³/mol. The van der Waals surface area contributed by atoms with Gasteiger partial charge in [-0.1, -0.05) is 172 Å². The van der Waals surface area contributed by atoms with Gasteiger partial charge in [0.05, 0.1) is 17.1 Å². The van der Waals surface area contributed by atoms with Gasteiger partial charge in [0.1, 0.15) is 0 Å². The summed E-state index contributed by atoms with van der Waals surface area (Å²) < 4.78 is 0. The number of benzene rings is 7. The highest BCUT2D eigenvalue weighted by atomic mass is 14.9. The van der Waals surface area contributed by atoms with Crippen molar-refractivity contribution in [3.05, 3.63) is 199 Å². The maximum atomic E-state index is 5.08. The quantitative estimate of drug-likeness (QED) is 0.173. The van der Waals surface area contributed by atoms with E-state index in [0.29, 0.717) is 5.82 Å². The molecule has 0 saturated heterocycles. The summed E-state index contributed by atoms with van der Waals surface area (Å²) in [5.74, 6) is 0.701. The Hall–Kier alpha value is -6.97. The van der Waals surface area contributed by atoms with E-state index < -0.39 is 0 Å². The first-order valence-electron chi connectivity index (χ1n) is 18.8. The molecule has 0 N–H and O–H groups in total. The summed E-state index contributed by atoms with van der Waals surface area (Å²) in [5.41, 5.74) is 17.1. The highest BCUT2D eigenvalue weighted by molar-refractivity contribution is 6.01. The number of pyridine rings is 1. The van der Waals surface area contributed by atoms with E-state index in [-0.39, 0.29) is 5.41 Å². The van der Waals surface area contributed by atoms with Crippen LogP contribution >= 0.6 is 0 Å². The first-order chi connectivity index (χ1) is 27.0. The molecule has 2 heterocycles. The fourth-order valence-electron chi connectivity index (χ4n) is 8.40. The van der Waals surface area contributed by atoms with Crippen molar-refractivity contribution in [3.63, 3.8) is 0 Å². The van der Waals surface area contributed by atoms with Crippen LogP contribution in [-0.2, 0) is 5.41 Å². The lowest BCUT2D eigenvalue weighted by Crippen LogP contribution is -2.15. The van der Waals surface area contributed by atoms with Crippen LogP contribution in [0.5, 0.6) is 0 Å². The molecule has 0 bridgehead atoms. The number of fused-ring (bicyclic) bond motifs is 5. The summed E-state index contributed by atoms with van der Waals surface area (Å²) in [6.07, 6.45) is 1.82. The van der Waals surface area contributed by atoms with Gasteiger partial charge in [0, 0.05) is 33.9 Å². The minimum Gasteiger partial charge on any atom is -0.256 e. The van der Waals surface area contributed by atoms with Crippen molar-refractivity contribution >= 4 is 10.8 Å². The molecule has 0 atom stereocenters. The molecular weight excluding hydrogens is 667 g/mol. The van der Waals surface area contributed by atoms with E-state index in [1.54, 1.807) is 0 Å². The number of nitrogens with zero attached hydrogens (tertiary/aromatic N) is 3. The Morgan fingerprint density at radius 1 is 0.400 bits per heavy atom. The van der Waals surface area contributed by atoms with E-state index in [0.717, 1.165) is 44.9 Å². The fourth-order valence-corrected chi connectivity index (χ4v) is 8.40. The molecule has 55 heavy (non-hydrogen) atoms. The second-order valence-corrected chi connectivity index (χ2v) is 14.8. The van der Waals surface area contributed by atoms with Gasteiger partial charge in [-0.05, 0) is 79.5 Å². The highest BCUT2D eigenvalue weighted by Crippen LogP contribution is 2.54. The van der Waals surface area contributed by atoms with Crippen LogP contribution in [0.4, 0.5) is 0 Å². The Morgan fingerprint density at radius 3 is 1.75 bits per heavy atom. The lowest BCUT2D eigenvalue weighted by molar-refractivity contribution is 0.666. The first-order valence-corrected chi connectivity index (χ1v) is 18.8. The Bertz CT molecular complexity index is 2860. The molecule has 3 heteroatoms. The second kappa shape index (κ2) is 13.2. The Kier molecular flexibility index (Phi) is 7.81. The van der Waals surface area contributed by atoms with Gasteiger partial charge in [-0.25, -0.2) is 9.97 Å². The van der Waals surface area contributed by atoms with Crippen LogP contribution < -0.4 is 0 Å². The number of aromatic nitrogens is 3. The van der Waals surface area contributed by atoms with Crippen LogP contribution in [0.2, 0.25) is 0 Å². The predicted octanol–water partition coefficient (Wildman–Crippen LogP) is 13.3. The fraction of sp³-hybridized carbons (Fsp3) is 0.0577. The Labute approximate surface area is 321 Å². The van der Waals surface area contributed by atoms with Crippen LogP contribution in [0.3, 0.4) is 0 Å². The maximum absolute atomic E-state index is 5.08. The topological polar surface area (TPSA) is 38.7 Å². The molecule has 1 aliphatic rings. The van der Waals surface area contributed by atoms with Crippen molar-refractivity contribution in [1.82, 2.24) is 15.0 Å². The molecule has 0 fully saturated rings. The lowest BCUT2D eigenvalue weighted by atomic mass is 9.80. The Morgan fingerprint density at radius 2 is 1.02 bits per heavy atom. The molecule has 0 saturated carbocycles. The van der Waals surface area contributed by atoms with Crippen molar-refractivity contribution in [2.75, 3.05) is 0 Å². The Balaban J connectivity index is 1.01. The van der Waals surface area contributed by atoms with Crippen LogP contribution in [0.1, 0.15) is 25.0 Å². The smallest absolute Gasteiger partial charge is 0.160 e. The first kappa shape index (κ1) is 32.7. The van der Waals surface area contributed by atoms with Gasteiger partial charge in [-0.2, -0.15) is 0 Å². The zero-order valence-electron chi connectivity index (χ0n) is 30.7. The molecular formula is C52H37N3. The monoisotopic (exact) mass is 703 g/mol.